The van der Waals surface area contributed by atoms with Gasteiger partial charge >= 0.3 is 6.09 Å². The Balaban J connectivity index is 0.00000420. The summed E-state index contributed by atoms with van der Waals surface area (Å²) >= 11 is 0. The van der Waals surface area contributed by atoms with E-state index in [1.165, 1.54) is 0 Å². The number of nitrogens with zero attached hydrogens (tertiary/aromatic N) is 4. The van der Waals surface area contributed by atoms with E-state index in [4.69, 9.17) is 4.74 Å². The van der Waals surface area contributed by atoms with Crippen LogP contribution in [0.1, 0.15) is 34.1 Å². The van der Waals surface area contributed by atoms with Gasteiger partial charge in [-0.3, -0.25) is 14.7 Å². The number of halogens is 1. The number of likely N-dealkylation sites (tertiary alicyclic amines) is 1. The molecule has 0 aromatic carbocycles. The summed E-state index contributed by atoms with van der Waals surface area (Å²) in [4.78, 5) is 34.1. The monoisotopic (exact) mass is 524 g/mol. The van der Waals surface area contributed by atoms with E-state index >= 15 is 0 Å². The molecule has 2 rings (SSSR count). The van der Waals surface area contributed by atoms with Gasteiger partial charge in [0.1, 0.15) is 5.60 Å². The van der Waals surface area contributed by atoms with Crippen LogP contribution in [0.25, 0.3) is 0 Å². The summed E-state index contributed by atoms with van der Waals surface area (Å²) < 4.78 is 5.33. The third-order valence-corrected chi connectivity index (χ3v) is 4.95. The van der Waals surface area contributed by atoms with Gasteiger partial charge in [-0.2, -0.15) is 0 Å². The molecule has 2 N–H and O–H groups in total. The summed E-state index contributed by atoms with van der Waals surface area (Å²) in [7, 11) is 1.78. The molecule has 0 saturated carbocycles. The second kappa shape index (κ2) is 11.8. The summed E-state index contributed by atoms with van der Waals surface area (Å²) in [6.45, 7) is 13.9. The number of piperazine rings is 1. The fourth-order valence-electron chi connectivity index (χ4n) is 3.49. The molecule has 10 heteroatoms. The summed E-state index contributed by atoms with van der Waals surface area (Å²) in [5, 5.41) is 6.35. The van der Waals surface area contributed by atoms with Crippen molar-refractivity contribution in [2.24, 2.45) is 4.99 Å². The van der Waals surface area contributed by atoms with Gasteiger partial charge in [-0.25, -0.2) is 4.79 Å². The van der Waals surface area contributed by atoms with Gasteiger partial charge in [0.2, 0.25) is 5.91 Å². The molecule has 168 valence electrons. The van der Waals surface area contributed by atoms with Crippen molar-refractivity contribution in [2.75, 3.05) is 59.4 Å². The molecule has 29 heavy (non-hydrogen) atoms. The molecule has 9 nitrogen and oxygen atoms in total. The van der Waals surface area contributed by atoms with Crippen molar-refractivity contribution in [3.63, 3.8) is 0 Å². The second-order valence-electron chi connectivity index (χ2n) is 8.40. The molecule has 2 aliphatic heterocycles. The van der Waals surface area contributed by atoms with Gasteiger partial charge in [0.05, 0.1) is 6.04 Å². The van der Waals surface area contributed by atoms with Crippen LogP contribution >= 0.6 is 24.0 Å². The van der Waals surface area contributed by atoms with Crippen LogP contribution in [0, 0.1) is 0 Å². The maximum atomic E-state index is 11.9. The third kappa shape index (κ3) is 8.93. The van der Waals surface area contributed by atoms with E-state index in [1.54, 1.807) is 14.0 Å². The van der Waals surface area contributed by atoms with Gasteiger partial charge in [0.25, 0.3) is 0 Å². The first-order valence-electron chi connectivity index (χ1n) is 10.1. The Bertz CT molecular complexity index is 573. The van der Waals surface area contributed by atoms with Gasteiger partial charge in [-0.1, -0.05) is 0 Å². The molecule has 0 aromatic heterocycles. The molecule has 0 aromatic rings. The first kappa shape index (κ1) is 25.7. The largest absolute Gasteiger partial charge is 0.444 e. The fourth-order valence-corrected chi connectivity index (χ4v) is 3.49. The van der Waals surface area contributed by atoms with Crippen molar-refractivity contribution in [1.29, 1.82) is 0 Å². The Hall–Kier alpha value is -1.30. The van der Waals surface area contributed by atoms with Crippen molar-refractivity contribution in [3.8, 4) is 0 Å². The van der Waals surface area contributed by atoms with Gasteiger partial charge < -0.3 is 25.2 Å². The van der Waals surface area contributed by atoms with Crippen LogP contribution in [0.15, 0.2) is 4.99 Å². The van der Waals surface area contributed by atoms with E-state index in [-0.39, 0.29) is 42.0 Å². The number of alkyl carbamates (subject to hydrolysis) is 1. The maximum Gasteiger partial charge on any atom is 0.407 e. The zero-order valence-corrected chi connectivity index (χ0v) is 20.7. The van der Waals surface area contributed by atoms with Crippen LogP contribution in [0.4, 0.5) is 4.79 Å². The summed E-state index contributed by atoms with van der Waals surface area (Å²) in [6, 6.07) is 0.0630. The normalized spacial score (nSPS) is 20.9. The van der Waals surface area contributed by atoms with Crippen LogP contribution in [0.2, 0.25) is 0 Å². The highest BCUT2D eigenvalue weighted by molar-refractivity contribution is 14.0. The number of hydrogen-bond acceptors (Lipinski definition) is 5. The molecule has 0 aliphatic carbocycles. The lowest BCUT2D eigenvalue weighted by Crippen LogP contribution is -2.50. The van der Waals surface area contributed by atoms with E-state index in [0.717, 1.165) is 64.7 Å². The molecule has 2 saturated heterocycles. The van der Waals surface area contributed by atoms with Crippen molar-refractivity contribution in [3.05, 3.63) is 0 Å². The predicted molar refractivity (Wildman–Crippen MR) is 125 cm³/mol. The minimum Gasteiger partial charge on any atom is -0.444 e. The number of guanidine groups is 1. The Morgan fingerprint density at radius 3 is 2.31 bits per heavy atom. The highest BCUT2D eigenvalue weighted by Crippen LogP contribution is 2.12. The van der Waals surface area contributed by atoms with Crippen LogP contribution in [0.3, 0.4) is 0 Å². The van der Waals surface area contributed by atoms with Gasteiger partial charge in [0.15, 0.2) is 5.96 Å². The van der Waals surface area contributed by atoms with Crippen molar-refractivity contribution >= 4 is 41.9 Å². The molecular weight excluding hydrogens is 487 g/mol. The van der Waals surface area contributed by atoms with Crippen molar-refractivity contribution < 1.29 is 14.3 Å². The van der Waals surface area contributed by atoms with Crippen LogP contribution < -0.4 is 10.6 Å². The molecule has 0 spiro atoms. The SMILES string of the molecule is CN=C(NCCN1CCN(C(C)=O)CC1)N1CCC(NC(=O)OC(C)(C)C)C1.I. The number of nitrogens with one attached hydrogen (secondary N) is 2. The van der Waals surface area contributed by atoms with Gasteiger partial charge in [-0.15, -0.1) is 24.0 Å². The van der Waals surface area contributed by atoms with Crippen molar-refractivity contribution in [2.45, 2.75) is 45.8 Å². The summed E-state index contributed by atoms with van der Waals surface area (Å²) in [6.07, 6.45) is 0.499. The van der Waals surface area contributed by atoms with Gasteiger partial charge in [-0.05, 0) is 27.2 Å². The van der Waals surface area contributed by atoms with E-state index in [9.17, 15) is 9.59 Å². The van der Waals surface area contributed by atoms with Crippen LogP contribution in [-0.4, -0.2) is 104 Å². The summed E-state index contributed by atoms with van der Waals surface area (Å²) in [5.74, 6) is 1.01. The minimum absolute atomic E-state index is 0. The lowest BCUT2D eigenvalue weighted by molar-refractivity contribution is -0.130. The lowest BCUT2D eigenvalue weighted by atomic mass is 10.2. The van der Waals surface area contributed by atoms with Crippen molar-refractivity contribution in [1.82, 2.24) is 25.3 Å². The first-order chi connectivity index (χ1) is 13.2. The van der Waals surface area contributed by atoms with E-state index < -0.39 is 5.60 Å². The quantitative estimate of drug-likeness (QED) is 0.324. The second-order valence-corrected chi connectivity index (χ2v) is 8.40. The third-order valence-electron chi connectivity index (χ3n) is 4.95. The number of amides is 2. The average Bonchev–Trinajstić information content (AvgIpc) is 3.05. The fraction of sp³-hybridized carbons (Fsp3) is 0.842. The average molecular weight is 524 g/mol. The number of hydrogen-bond donors (Lipinski definition) is 2. The Kier molecular flexibility index (Phi) is 10.4. The molecule has 2 aliphatic rings. The van der Waals surface area contributed by atoms with Crippen LogP contribution in [-0.2, 0) is 9.53 Å². The molecular formula is C19H37IN6O3. The standard InChI is InChI=1S/C19H36N6O3.HI/c1-15(26)24-12-10-23(11-13-24)9-7-21-17(20-5)25-8-6-16(14-25)22-18(27)28-19(2,3)4;/h16H,6-14H2,1-5H3,(H,20,21)(H,22,27);1H. The first-order valence-corrected chi connectivity index (χ1v) is 10.1. The molecule has 0 radical (unpaired) electrons. The molecule has 2 fully saturated rings. The maximum absolute atomic E-state index is 11.9. The molecule has 2 amide bonds. The topological polar surface area (TPSA) is 89.5 Å². The lowest BCUT2D eigenvalue weighted by Gasteiger charge is -2.34. The van der Waals surface area contributed by atoms with E-state index in [0.29, 0.717) is 0 Å². The molecule has 1 atom stereocenters. The van der Waals surface area contributed by atoms with Crippen LogP contribution in [0.5, 0.6) is 0 Å². The Morgan fingerprint density at radius 2 is 1.76 bits per heavy atom. The number of rotatable bonds is 4. The predicted octanol–water partition coefficient (Wildman–Crippen LogP) is 0.943. The minimum atomic E-state index is -0.490. The zero-order valence-electron chi connectivity index (χ0n) is 18.4. The molecule has 0 bridgehead atoms. The smallest absolute Gasteiger partial charge is 0.407 e. The highest BCUT2D eigenvalue weighted by atomic mass is 127. The molecule has 1 unspecified atom stereocenters. The Labute approximate surface area is 191 Å². The summed E-state index contributed by atoms with van der Waals surface area (Å²) in [5.41, 5.74) is -0.490. The molecule has 2 heterocycles. The van der Waals surface area contributed by atoms with Gasteiger partial charge in [0, 0.05) is 66.3 Å². The van der Waals surface area contributed by atoms with E-state index in [1.807, 2.05) is 25.7 Å². The Morgan fingerprint density at radius 1 is 1.10 bits per heavy atom. The number of aliphatic imine (C=N–C) groups is 1. The number of carbonyl (C=O) groups excluding carboxylic acids is 2. The zero-order chi connectivity index (χ0) is 20.7. The van der Waals surface area contributed by atoms with E-state index in [2.05, 4.69) is 25.4 Å². The highest BCUT2D eigenvalue weighted by Gasteiger charge is 2.28. The number of carbonyl (C=O) groups is 2. The number of ether oxygens (including phenoxy) is 1.